The summed E-state index contributed by atoms with van der Waals surface area (Å²) in [6, 6.07) is 0. The number of hydrogen-bond acceptors (Lipinski definition) is 5. The lowest BCUT2D eigenvalue weighted by atomic mass is 10.1. The molecule has 0 saturated heterocycles. The van der Waals surface area contributed by atoms with E-state index in [1.807, 2.05) is 0 Å². The molecule has 0 rings (SSSR count). The fourth-order valence-electron chi connectivity index (χ4n) is 1.53. The first-order valence-electron chi connectivity index (χ1n) is 7.28. The van der Waals surface area contributed by atoms with E-state index < -0.39 is 0 Å². The van der Waals surface area contributed by atoms with Gasteiger partial charge in [-0.25, -0.2) is 9.59 Å². The Labute approximate surface area is 126 Å². The molecule has 118 valence electrons. The van der Waals surface area contributed by atoms with Gasteiger partial charge in [-0.1, -0.05) is 12.2 Å². The summed E-state index contributed by atoms with van der Waals surface area (Å²) in [6.45, 7) is 4.20. The zero-order chi connectivity index (χ0) is 15.9. The summed E-state index contributed by atoms with van der Waals surface area (Å²) in [6.07, 6.45) is 8.89. The van der Waals surface area contributed by atoms with Crippen LogP contribution in [0.1, 0.15) is 46.0 Å². The predicted molar refractivity (Wildman–Crippen MR) is 79.6 cm³/mol. The van der Waals surface area contributed by atoms with Gasteiger partial charge in [0, 0.05) is 25.0 Å². The van der Waals surface area contributed by atoms with Crippen molar-refractivity contribution in [1.82, 2.24) is 0 Å². The molecule has 0 bridgehead atoms. The summed E-state index contributed by atoms with van der Waals surface area (Å²) in [7, 11) is 0. The van der Waals surface area contributed by atoms with Gasteiger partial charge in [-0.3, -0.25) is 4.79 Å². The highest BCUT2D eigenvalue weighted by Gasteiger charge is 2.00. The number of esters is 2. The van der Waals surface area contributed by atoms with Crippen LogP contribution in [-0.2, 0) is 23.9 Å². The molecule has 0 aromatic rings. The van der Waals surface area contributed by atoms with E-state index in [0.717, 1.165) is 0 Å². The molecule has 0 atom stereocenters. The largest absolute Gasteiger partial charge is 0.463 e. The van der Waals surface area contributed by atoms with E-state index in [1.54, 1.807) is 26.0 Å². The van der Waals surface area contributed by atoms with E-state index >= 15 is 0 Å². The molecule has 0 aliphatic rings. The van der Waals surface area contributed by atoms with Crippen molar-refractivity contribution in [2.75, 3.05) is 13.2 Å². The number of carbonyl (C=O) groups excluding carboxylic acids is 3. The fourth-order valence-corrected chi connectivity index (χ4v) is 1.53. The van der Waals surface area contributed by atoms with Crippen molar-refractivity contribution in [3.05, 3.63) is 24.3 Å². The van der Waals surface area contributed by atoms with E-state index in [0.29, 0.717) is 45.3 Å². The number of rotatable bonds is 11. The predicted octanol–water partition coefficient (Wildman–Crippen LogP) is 2.74. The quantitative estimate of drug-likeness (QED) is 0.333. The summed E-state index contributed by atoms with van der Waals surface area (Å²) in [4.78, 5) is 33.5. The molecule has 0 spiro atoms. The maximum Gasteiger partial charge on any atom is 0.330 e. The minimum atomic E-state index is -0.381. The first kappa shape index (κ1) is 19.1. The number of unbranched alkanes of at least 4 members (excludes halogenated alkanes) is 1. The highest BCUT2D eigenvalue weighted by Crippen LogP contribution is 2.03. The average molecular weight is 296 g/mol. The normalized spacial score (nSPS) is 11.0. The van der Waals surface area contributed by atoms with Gasteiger partial charge in [-0.05, 0) is 33.1 Å². The molecule has 0 amide bonds. The van der Waals surface area contributed by atoms with Crippen molar-refractivity contribution >= 4 is 17.7 Å². The standard InChI is InChI=1S/C16H24O5/c1-3-20-15(18)12-7-5-6-10-14(17)11-8-9-13-16(19)21-4-2/h7,9,12-13H,3-6,8,10-11H2,1-2H3/b12-7+,13-9+. The van der Waals surface area contributed by atoms with Gasteiger partial charge in [0.1, 0.15) is 5.78 Å². The number of hydrogen-bond donors (Lipinski definition) is 0. The SMILES string of the molecule is CCOC(=O)/C=C/CCCC(=O)CC/C=C/C(=O)OCC. The summed E-state index contributed by atoms with van der Waals surface area (Å²) < 4.78 is 9.45. The highest BCUT2D eigenvalue weighted by molar-refractivity contribution is 5.82. The van der Waals surface area contributed by atoms with Crippen LogP contribution in [0.5, 0.6) is 0 Å². The lowest BCUT2D eigenvalue weighted by molar-refractivity contribution is -0.138. The molecule has 0 aromatic carbocycles. The van der Waals surface area contributed by atoms with Crippen molar-refractivity contribution in [1.29, 1.82) is 0 Å². The first-order valence-corrected chi connectivity index (χ1v) is 7.28. The zero-order valence-electron chi connectivity index (χ0n) is 12.8. The van der Waals surface area contributed by atoms with Crippen molar-refractivity contribution in [2.24, 2.45) is 0 Å². The minimum absolute atomic E-state index is 0.146. The van der Waals surface area contributed by atoms with Gasteiger partial charge in [0.25, 0.3) is 0 Å². The maximum atomic E-state index is 11.5. The fraction of sp³-hybridized carbons (Fsp3) is 0.562. The van der Waals surface area contributed by atoms with Gasteiger partial charge in [0.2, 0.25) is 0 Å². The van der Waals surface area contributed by atoms with Crippen molar-refractivity contribution in [3.8, 4) is 0 Å². The van der Waals surface area contributed by atoms with Gasteiger partial charge in [-0.2, -0.15) is 0 Å². The smallest absolute Gasteiger partial charge is 0.330 e. The number of ketones is 1. The van der Waals surface area contributed by atoms with E-state index in [4.69, 9.17) is 9.47 Å². The number of Topliss-reactive ketones (excluding diaryl/α,β-unsaturated/α-hetero) is 1. The lowest BCUT2D eigenvalue weighted by Gasteiger charge is -1.98. The lowest BCUT2D eigenvalue weighted by Crippen LogP contribution is -2.00. The Morgan fingerprint density at radius 1 is 0.810 bits per heavy atom. The number of allylic oxidation sites excluding steroid dienone is 2. The third kappa shape index (κ3) is 12.9. The molecule has 0 saturated carbocycles. The summed E-state index contributed by atoms with van der Waals surface area (Å²) >= 11 is 0. The van der Waals surface area contributed by atoms with E-state index in [-0.39, 0.29) is 17.7 Å². The molecule has 0 aromatic heterocycles. The van der Waals surface area contributed by atoms with Crippen LogP contribution in [0.15, 0.2) is 24.3 Å². The third-order valence-electron chi connectivity index (χ3n) is 2.50. The van der Waals surface area contributed by atoms with E-state index in [9.17, 15) is 14.4 Å². The maximum absolute atomic E-state index is 11.5. The molecule has 5 nitrogen and oxygen atoms in total. The highest BCUT2D eigenvalue weighted by atomic mass is 16.5. The van der Waals surface area contributed by atoms with Gasteiger partial charge >= 0.3 is 11.9 Å². The molecular formula is C16H24O5. The second kappa shape index (κ2) is 13.1. The Morgan fingerprint density at radius 3 is 1.86 bits per heavy atom. The Morgan fingerprint density at radius 2 is 1.33 bits per heavy atom. The molecule has 0 radical (unpaired) electrons. The van der Waals surface area contributed by atoms with Crippen molar-refractivity contribution in [3.63, 3.8) is 0 Å². The molecule has 0 unspecified atom stereocenters. The topological polar surface area (TPSA) is 69.7 Å². The first-order chi connectivity index (χ1) is 10.1. The number of ether oxygens (including phenoxy) is 2. The van der Waals surface area contributed by atoms with Gasteiger partial charge in [-0.15, -0.1) is 0 Å². The minimum Gasteiger partial charge on any atom is -0.463 e. The zero-order valence-corrected chi connectivity index (χ0v) is 12.8. The van der Waals surface area contributed by atoms with Crippen LogP contribution in [0.3, 0.4) is 0 Å². The molecule has 0 aliphatic carbocycles. The summed E-state index contributed by atoms with van der Waals surface area (Å²) in [5.41, 5.74) is 0. The van der Waals surface area contributed by atoms with E-state index in [1.165, 1.54) is 12.2 Å². The molecule has 0 heterocycles. The van der Waals surface area contributed by atoms with Crippen LogP contribution in [0.25, 0.3) is 0 Å². The van der Waals surface area contributed by atoms with Gasteiger partial charge in [0.05, 0.1) is 13.2 Å². The molecular weight excluding hydrogens is 272 g/mol. The molecule has 0 aliphatic heterocycles. The number of carbonyl (C=O) groups is 3. The summed E-state index contributed by atoms with van der Waals surface area (Å²) in [5.74, 6) is -0.588. The molecule has 5 heteroatoms. The molecule has 0 fully saturated rings. The van der Waals surface area contributed by atoms with Gasteiger partial charge < -0.3 is 9.47 Å². The van der Waals surface area contributed by atoms with Crippen LogP contribution in [0.4, 0.5) is 0 Å². The van der Waals surface area contributed by atoms with Crippen LogP contribution < -0.4 is 0 Å². The van der Waals surface area contributed by atoms with Crippen molar-refractivity contribution < 1.29 is 23.9 Å². The van der Waals surface area contributed by atoms with Gasteiger partial charge in [0.15, 0.2) is 0 Å². The van der Waals surface area contributed by atoms with E-state index in [2.05, 4.69) is 0 Å². The Hall–Kier alpha value is -1.91. The van der Waals surface area contributed by atoms with Crippen LogP contribution in [0.2, 0.25) is 0 Å². The monoisotopic (exact) mass is 296 g/mol. The van der Waals surface area contributed by atoms with Crippen LogP contribution in [0, 0.1) is 0 Å². The summed E-state index contributed by atoms with van der Waals surface area (Å²) in [5, 5.41) is 0. The Kier molecular flexibility index (Phi) is 11.9. The second-order valence-corrected chi connectivity index (χ2v) is 4.28. The van der Waals surface area contributed by atoms with Crippen LogP contribution in [-0.4, -0.2) is 30.9 Å². The average Bonchev–Trinajstić information content (AvgIpc) is 2.44. The Bertz CT molecular complexity index is 382. The van der Waals surface area contributed by atoms with Crippen LogP contribution >= 0.6 is 0 Å². The third-order valence-corrected chi connectivity index (χ3v) is 2.50. The molecule has 21 heavy (non-hydrogen) atoms. The second-order valence-electron chi connectivity index (χ2n) is 4.28. The van der Waals surface area contributed by atoms with Crippen molar-refractivity contribution in [2.45, 2.75) is 46.0 Å². The Balaban J connectivity index is 3.63. The molecule has 0 N–H and O–H groups in total.